The minimum absolute atomic E-state index is 0.0594. The molecule has 0 spiro atoms. The molecule has 0 saturated heterocycles. The molecule has 108 valence electrons. The van der Waals surface area contributed by atoms with Gasteiger partial charge in [0.15, 0.2) is 0 Å². The van der Waals surface area contributed by atoms with Crippen molar-refractivity contribution in [1.29, 1.82) is 0 Å². The van der Waals surface area contributed by atoms with Crippen molar-refractivity contribution in [2.24, 2.45) is 5.92 Å². The van der Waals surface area contributed by atoms with Crippen molar-refractivity contribution in [3.8, 4) is 0 Å². The summed E-state index contributed by atoms with van der Waals surface area (Å²) in [4.78, 5) is 22.0. The molecule has 6 nitrogen and oxygen atoms in total. The van der Waals surface area contributed by atoms with E-state index < -0.39 is 22.3 Å². The second kappa shape index (κ2) is 5.44. The van der Waals surface area contributed by atoms with E-state index in [4.69, 9.17) is 5.73 Å². The highest BCUT2D eigenvalue weighted by Gasteiger charge is 2.37. The zero-order chi connectivity index (χ0) is 14.9. The van der Waals surface area contributed by atoms with Gasteiger partial charge in [0.05, 0.1) is 16.6 Å². The molecule has 1 saturated carbocycles. The van der Waals surface area contributed by atoms with Gasteiger partial charge < -0.3 is 11.1 Å². The zero-order valence-electron chi connectivity index (χ0n) is 11.1. The van der Waals surface area contributed by atoms with Gasteiger partial charge in [0, 0.05) is 6.04 Å². The van der Waals surface area contributed by atoms with E-state index in [0.717, 1.165) is 25.3 Å². The van der Waals surface area contributed by atoms with Crippen molar-refractivity contribution in [1.82, 2.24) is 5.32 Å². The van der Waals surface area contributed by atoms with Crippen LogP contribution in [-0.2, 0) is 0 Å². The van der Waals surface area contributed by atoms with Crippen LogP contribution in [0.3, 0.4) is 0 Å². The standard InChI is InChI=1S/C13H16FN3O3/c1-2-3-7-4-10(7)16-13(18)9-5-8(14)6-11(12(9)15)17(19)20/h5-7,10H,2-4,15H2,1H3,(H,16,18). The number of anilines is 1. The van der Waals surface area contributed by atoms with Gasteiger partial charge in [-0.3, -0.25) is 14.9 Å². The normalized spacial score (nSPS) is 20.5. The molecule has 7 heteroatoms. The van der Waals surface area contributed by atoms with Crippen LogP contribution in [0.4, 0.5) is 15.8 Å². The highest BCUT2D eigenvalue weighted by Crippen LogP contribution is 2.35. The van der Waals surface area contributed by atoms with Crippen LogP contribution in [0.2, 0.25) is 0 Å². The fraction of sp³-hybridized carbons (Fsp3) is 0.462. The number of benzene rings is 1. The summed E-state index contributed by atoms with van der Waals surface area (Å²) in [6, 6.07) is 1.70. The molecule has 0 radical (unpaired) electrons. The molecule has 1 aliphatic carbocycles. The first kappa shape index (κ1) is 14.2. The summed E-state index contributed by atoms with van der Waals surface area (Å²) in [7, 11) is 0. The number of rotatable bonds is 5. The summed E-state index contributed by atoms with van der Waals surface area (Å²) < 4.78 is 13.3. The lowest BCUT2D eigenvalue weighted by Gasteiger charge is -2.08. The number of nitro groups is 1. The molecule has 1 amide bonds. The lowest BCUT2D eigenvalue weighted by Crippen LogP contribution is -2.28. The van der Waals surface area contributed by atoms with Crippen LogP contribution in [0.15, 0.2) is 12.1 Å². The van der Waals surface area contributed by atoms with Crippen molar-refractivity contribution in [2.45, 2.75) is 32.2 Å². The van der Waals surface area contributed by atoms with E-state index in [9.17, 15) is 19.3 Å². The van der Waals surface area contributed by atoms with Gasteiger partial charge in [-0.2, -0.15) is 0 Å². The van der Waals surface area contributed by atoms with E-state index in [1.165, 1.54) is 0 Å². The number of nitro benzene ring substituents is 1. The average molecular weight is 281 g/mol. The molecule has 1 aliphatic rings. The van der Waals surface area contributed by atoms with Crippen LogP contribution in [0.25, 0.3) is 0 Å². The Bertz CT molecular complexity index is 562. The van der Waals surface area contributed by atoms with Crippen LogP contribution < -0.4 is 11.1 Å². The van der Waals surface area contributed by atoms with Crippen molar-refractivity contribution in [3.05, 3.63) is 33.6 Å². The first-order valence-electron chi connectivity index (χ1n) is 6.48. The van der Waals surface area contributed by atoms with E-state index in [-0.39, 0.29) is 17.3 Å². The molecule has 1 aromatic rings. The molecule has 0 bridgehead atoms. The number of carbonyl (C=O) groups is 1. The Morgan fingerprint density at radius 1 is 1.60 bits per heavy atom. The van der Waals surface area contributed by atoms with Crippen LogP contribution in [0.1, 0.15) is 36.5 Å². The summed E-state index contributed by atoms with van der Waals surface area (Å²) >= 11 is 0. The molecule has 1 fully saturated rings. The van der Waals surface area contributed by atoms with Crippen molar-refractivity contribution in [3.63, 3.8) is 0 Å². The molecule has 20 heavy (non-hydrogen) atoms. The van der Waals surface area contributed by atoms with Gasteiger partial charge in [-0.25, -0.2) is 4.39 Å². The Labute approximate surface area is 115 Å². The van der Waals surface area contributed by atoms with Crippen molar-refractivity contribution in [2.75, 3.05) is 5.73 Å². The van der Waals surface area contributed by atoms with E-state index >= 15 is 0 Å². The molecule has 0 aromatic heterocycles. The van der Waals surface area contributed by atoms with Crippen LogP contribution in [0.5, 0.6) is 0 Å². The lowest BCUT2D eigenvalue weighted by molar-refractivity contribution is -0.384. The Hall–Kier alpha value is -2.18. The van der Waals surface area contributed by atoms with Gasteiger partial charge in [0.25, 0.3) is 11.6 Å². The number of nitrogen functional groups attached to an aromatic ring is 1. The van der Waals surface area contributed by atoms with E-state index in [2.05, 4.69) is 12.2 Å². The quantitative estimate of drug-likeness (QED) is 0.491. The highest BCUT2D eigenvalue weighted by atomic mass is 19.1. The summed E-state index contributed by atoms with van der Waals surface area (Å²) in [6.07, 6.45) is 2.94. The van der Waals surface area contributed by atoms with Gasteiger partial charge in [-0.15, -0.1) is 0 Å². The summed E-state index contributed by atoms with van der Waals surface area (Å²) in [5.74, 6) is -0.973. The van der Waals surface area contributed by atoms with Gasteiger partial charge in [-0.1, -0.05) is 13.3 Å². The highest BCUT2D eigenvalue weighted by molar-refractivity contribution is 6.01. The average Bonchev–Trinajstić information content (AvgIpc) is 3.09. The monoisotopic (exact) mass is 281 g/mol. The maximum atomic E-state index is 13.3. The first-order valence-corrected chi connectivity index (χ1v) is 6.48. The molecule has 0 heterocycles. The first-order chi connectivity index (χ1) is 9.43. The molecule has 2 rings (SSSR count). The third-order valence-electron chi connectivity index (χ3n) is 3.46. The summed E-state index contributed by atoms with van der Waals surface area (Å²) in [6.45, 7) is 2.06. The smallest absolute Gasteiger partial charge is 0.295 e. The van der Waals surface area contributed by atoms with Gasteiger partial charge in [0.1, 0.15) is 11.5 Å². The van der Waals surface area contributed by atoms with Gasteiger partial charge >= 0.3 is 0 Å². The number of amides is 1. The zero-order valence-corrected chi connectivity index (χ0v) is 11.1. The number of nitrogens with one attached hydrogen (secondary N) is 1. The van der Waals surface area contributed by atoms with Crippen molar-refractivity contribution < 1.29 is 14.1 Å². The van der Waals surface area contributed by atoms with Crippen LogP contribution >= 0.6 is 0 Å². The fourth-order valence-corrected chi connectivity index (χ4v) is 2.30. The van der Waals surface area contributed by atoms with E-state index in [1.807, 2.05) is 0 Å². The van der Waals surface area contributed by atoms with Crippen molar-refractivity contribution >= 4 is 17.3 Å². The molecule has 2 unspecified atom stereocenters. The molecular formula is C13H16FN3O3. The SMILES string of the molecule is CCCC1CC1NC(=O)c1cc(F)cc([N+](=O)[O-])c1N. The fourth-order valence-electron chi connectivity index (χ4n) is 2.30. The Balaban J connectivity index is 2.16. The Morgan fingerprint density at radius 3 is 2.90 bits per heavy atom. The topological polar surface area (TPSA) is 98.3 Å². The molecule has 3 N–H and O–H groups in total. The minimum Gasteiger partial charge on any atom is -0.393 e. The lowest BCUT2D eigenvalue weighted by atomic mass is 10.1. The molecule has 2 atom stereocenters. The second-order valence-electron chi connectivity index (χ2n) is 5.01. The van der Waals surface area contributed by atoms with Crippen LogP contribution in [-0.4, -0.2) is 16.9 Å². The molecule has 0 aliphatic heterocycles. The maximum Gasteiger partial charge on any atom is 0.295 e. The number of hydrogen-bond acceptors (Lipinski definition) is 4. The summed E-state index contributed by atoms with van der Waals surface area (Å²) in [5, 5.41) is 13.5. The predicted molar refractivity (Wildman–Crippen MR) is 71.7 cm³/mol. The molecule has 1 aromatic carbocycles. The van der Waals surface area contributed by atoms with Crippen LogP contribution in [0, 0.1) is 21.8 Å². The molecular weight excluding hydrogens is 265 g/mol. The van der Waals surface area contributed by atoms with E-state index in [0.29, 0.717) is 12.0 Å². The van der Waals surface area contributed by atoms with Gasteiger partial charge in [0.2, 0.25) is 0 Å². The number of nitrogens with two attached hydrogens (primary N) is 1. The summed E-state index contributed by atoms with van der Waals surface area (Å²) in [5.41, 5.74) is 4.50. The minimum atomic E-state index is -0.850. The third kappa shape index (κ3) is 2.87. The number of halogens is 1. The third-order valence-corrected chi connectivity index (χ3v) is 3.46. The Morgan fingerprint density at radius 2 is 2.30 bits per heavy atom. The van der Waals surface area contributed by atoms with E-state index in [1.54, 1.807) is 0 Å². The number of carbonyl (C=O) groups excluding carboxylic acids is 1. The maximum absolute atomic E-state index is 13.3. The Kier molecular flexibility index (Phi) is 3.87. The second-order valence-corrected chi connectivity index (χ2v) is 5.01. The van der Waals surface area contributed by atoms with Gasteiger partial charge in [-0.05, 0) is 24.8 Å². The number of nitrogens with zero attached hydrogens (tertiary/aromatic N) is 1. The predicted octanol–water partition coefficient (Wildman–Crippen LogP) is 2.23. The number of hydrogen-bond donors (Lipinski definition) is 2. The largest absolute Gasteiger partial charge is 0.393 e.